The van der Waals surface area contributed by atoms with Crippen molar-refractivity contribution in [3.63, 3.8) is 0 Å². The van der Waals surface area contributed by atoms with Gasteiger partial charge in [-0.2, -0.15) is 0 Å². The molecular weight excluding hydrogens is 244 g/mol. The van der Waals surface area contributed by atoms with Crippen LogP contribution >= 0.6 is 11.8 Å². The summed E-state index contributed by atoms with van der Waals surface area (Å²) in [6.45, 7) is 7.08. The maximum atomic E-state index is 5.38. The highest BCUT2D eigenvalue weighted by Crippen LogP contribution is 2.29. The highest BCUT2D eigenvalue weighted by atomic mass is 32.2. The maximum Gasteiger partial charge on any atom is 0.260 e. The monoisotopic (exact) mass is 262 g/mol. The Kier molecular flexibility index (Phi) is 4.44. The van der Waals surface area contributed by atoms with E-state index < -0.39 is 0 Å². The summed E-state index contributed by atoms with van der Waals surface area (Å²) >= 11 is 1.57. The van der Waals surface area contributed by atoms with Gasteiger partial charge in [0.15, 0.2) is 0 Å². The topological polar surface area (TPSA) is 38.1 Å². The third kappa shape index (κ3) is 3.62. The molecule has 0 fully saturated rings. The molecule has 2 aromatic rings. The van der Waals surface area contributed by atoms with E-state index in [1.807, 2.05) is 13.0 Å². The maximum absolute atomic E-state index is 5.38. The highest BCUT2D eigenvalue weighted by Gasteiger charge is 2.08. The predicted molar refractivity (Wildman–Crippen MR) is 73.8 cm³/mol. The number of aryl methyl sites for hydroxylation is 1. The lowest BCUT2D eigenvalue weighted by Gasteiger charge is -2.11. The van der Waals surface area contributed by atoms with Gasteiger partial charge in [-0.1, -0.05) is 32.0 Å². The summed E-state index contributed by atoms with van der Waals surface area (Å²) in [4.78, 5) is 5.51. The van der Waals surface area contributed by atoms with Gasteiger partial charge in [0.1, 0.15) is 6.26 Å². The number of aromatic nitrogens is 1. The molecule has 0 atom stereocenters. The third-order valence-corrected chi connectivity index (χ3v) is 3.45. The van der Waals surface area contributed by atoms with Crippen LogP contribution in [0.3, 0.4) is 0 Å². The first-order chi connectivity index (χ1) is 8.65. The normalized spacial score (nSPS) is 11.1. The van der Waals surface area contributed by atoms with E-state index in [0.717, 1.165) is 12.2 Å². The van der Waals surface area contributed by atoms with Gasteiger partial charge in [0, 0.05) is 17.5 Å². The second-order valence-corrected chi connectivity index (χ2v) is 5.49. The van der Waals surface area contributed by atoms with Crippen LogP contribution in [0.2, 0.25) is 0 Å². The van der Waals surface area contributed by atoms with Crippen molar-refractivity contribution in [1.82, 2.24) is 10.3 Å². The molecule has 0 saturated heterocycles. The molecule has 0 amide bonds. The van der Waals surface area contributed by atoms with Crippen molar-refractivity contribution in [2.24, 2.45) is 0 Å². The molecule has 2 rings (SSSR count). The number of nitrogens with one attached hydrogen (secondary N) is 1. The van der Waals surface area contributed by atoms with Crippen LogP contribution in [0.5, 0.6) is 0 Å². The first-order valence-electron chi connectivity index (χ1n) is 6.06. The third-order valence-electron chi connectivity index (χ3n) is 2.47. The van der Waals surface area contributed by atoms with E-state index in [0.29, 0.717) is 11.3 Å². The minimum atomic E-state index is 0.479. The summed E-state index contributed by atoms with van der Waals surface area (Å²) in [6, 6.07) is 8.81. The molecule has 0 radical (unpaired) electrons. The Morgan fingerprint density at radius 2 is 2.11 bits per heavy atom. The molecular formula is C14H18N2OS. The van der Waals surface area contributed by atoms with Crippen LogP contribution in [-0.2, 0) is 6.54 Å². The Morgan fingerprint density at radius 3 is 2.78 bits per heavy atom. The summed E-state index contributed by atoms with van der Waals surface area (Å²) in [7, 11) is 0. The molecule has 0 bridgehead atoms. The first-order valence-corrected chi connectivity index (χ1v) is 6.88. The molecule has 1 aromatic carbocycles. The van der Waals surface area contributed by atoms with Gasteiger partial charge in [-0.05, 0) is 30.3 Å². The molecule has 18 heavy (non-hydrogen) atoms. The quantitative estimate of drug-likeness (QED) is 0.893. The minimum absolute atomic E-state index is 0.479. The number of rotatable bonds is 5. The van der Waals surface area contributed by atoms with Crippen LogP contribution in [0.4, 0.5) is 0 Å². The van der Waals surface area contributed by atoms with E-state index in [1.54, 1.807) is 18.0 Å². The fraction of sp³-hybridized carbons (Fsp3) is 0.357. The summed E-state index contributed by atoms with van der Waals surface area (Å²) < 4.78 is 5.38. The molecule has 0 aliphatic rings. The number of nitrogens with zero attached hydrogens (tertiary/aromatic N) is 1. The standard InChI is InChI=1S/C14H18N2OS/c1-10(2)15-8-12-6-4-5-7-13(12)18-14-16-11(3)9-17-14/h4-7,9-10,15H,8H2,1-3H3. The van der Waals surface area contributed by atoms with Gasteiger partial charge < -0.3 is 9.73 Å². The molecule has 1 aromatic heterocycles. The van der Waals surface area contributed by atoms with Crippen molar-refractivity contribution in [1.29, 1.82) is 0 Å². The number of hydrogen-bond acceptors (Lipinski definition) is 4. The van der Waals surface area contributed by atoms with Gasteiger partial charge in [-0.3, -0.25) is 0 Å². The molecule has 0 aliphatic heterocycles. The lowest BCUT2D eigenvalue weighted by molar-refractivity contribution is 0.454. The summed E-state index contributed by atoms with van der Waals surface area (Å²) in [5.41, 5.74) is 2.18. The van der Waals surface area contributed by atoms with Gasteiger partial charge in [-0.15, -0.1) is 0 Å². The van der Waals surface area contributed by atoms with E-state index in [4.69, 9.17) is 4.42 Å². The lowest BCUT2D eigenvalue weighted by atomic mass is 10.2. The molecule has 3 nitrogen and oxygen atoms in total. The van der Waals surface area contributed by atoms with Crippen molar-refractivity contribution in [3.8, 4) is 0 Å². The van der Waals surface area contributed by atoms with Gasteiger partial charge in [0.2, 0.25) is 0 Å². The van der Waals surface area contributed by atoms with Gasteiger partial charge in [0.25, 0.3) is 5.22 Å². The van der Waals surface area contributed by atoms with Crippen LogP contribution in [0, 0.1) is 6.92 Å². The average Bonchev–Trinajstić information content (AvgIpc) is 2.73. The van der Waals surface area contributed by atoms with Crippen molar-refractivity contribution in [2.75, 3.05) is 0 Å². The smallest absolute Gasteiger partial charge is 0.260 e. The summed E-state index contributed by atoms with van der Waals surface area (Å²) in [6.07, 6.45) is 1.68. The van der Waals surface area contributed by atoms with E-state index in [2.05, 4.69) is 42.3 Å². The fourth-order valence-corrected chi connectivity index (χ4v) is 2.43. The molecule has 4 heteroatoms. The molecule has 0 saturated carbocycles. The molecule has 96 valence electrons. The first kappa shape index (κ1) is 13.2. The largest absolute Gasteiger partial charge is 0.439 e. The Hall–Kier alpha value is -1.26. The molecule has 1 heterocycles. The van der Waals surface area contributed by atoms with E-state index in [9.17, 15) is 0 Å². The Morgan fingerprint density at radius 1 is 1.33 bits per heavy atom. The second kappa shape index (κ2) is 6.07. The van der Waals surface area contributed by atoms with E-state index in [1.165, 1.54) is 10.5 Å². The van der Waals surface area contributed by atoms with Crippen LogP contribution in [0.25, 0.3) is 0 Å². The van der Waals surface area contributed by atoms with Gasteiger partial charge >= 0.3 is 0 Å². The van der Waals surface area contributed by atoms with Gasteiger partial charge in [-0.25, -0.2) is 4.98 Å². The minimum Gasteiger partial charge on any atom is -0.439 e. The highest BCUT2D eigenvalue weighted by molar-refractivity contribution is 7.99. The molecule has 0 spiro atoms. The van der Waals surface area contributed by atoms with Crippen molar-refractivity contribution < 1.29 is 4.42 Å². The Balaban J connectivity index is 2.11. The van der Waals surface area contributed by atoms with E-state index >= 15 is 0 Å². The van der Waals surface area contributed by atoms with Crippen LogP contribution in [0.1, 0.15) is 25.1 Å². The number of benzene rings is 1. The second-order valence-electron chi connectivity index (χ2n) is 4.50. The number of hydrogen-bond donors (Lipinski definition) is 1. The predicted octanol–water partition coefficient (Wildman–Crippen LogP) is 3.63. The zero-order valence-corrected chi connectivity index (χ0v) is 11.8. The molecule has 0 aliphatic carbocycles. The van der Waals surface area contributed by atoms with E-state index in [-0.39, 0.29) is 0 Å². The fourth-order valence-electron chi connectivity index (χ4n) is 1.54. The zero-order valence-electron chi connectivity index (χ0n) is 10.9. The van der Waals surface area contributed by atoms with Crippen molar-refractivity contribution in [3.05, 3.63) is 41.8 Å². The van der Waals surface area contributed by atoms with Crippen molar-refractivity contribution >= 4 is 11.8 Å². The Labute approximate surface area is 112 Å². The average molecular weight is 262 g/mol. The van der Waals surface area contributed by atoms with Crippen LogP contribution in [0.15, 0.2) is 45.1 Å². The summed E-state index contributed by atoms with van der Waals surface area (Å²) in [5, 5.41) is 4.13. The summed E-state index contributed by atoms with van der Waals surface area (Å²) in [5.74, 6) is 0. The van der Waals surface area contributed by atoms with Crippen LogP contribution < -0.4 is 5.32 Å². The SMILES string of the molecule is Cc1coc(Sc2ccccc2CNC(C)C)n1. The van der Waals surface area contributed by atoms with Crippen LogP contribution in [-0.4, -0.2) is 11.0 Å². The molecule has 1 N–H and O–H groups in total. The molecule has 0 unspecified atom stereocenters. The van der Waals surface area contributed by atoms with Crippen molar-refractivity contribution in [2.45, 2.75) is 43.5 Å². The number of oxazole rings is 1. The van der Waals surface area contributed by atoms with Gasteiger partial charge in [0.05, 0.1) is 5.69 Å². The Bertz CT molecular complexity index is 508. The zero-order chi connectivity index (χ0) is 13.0. The lowest BCUT2D eigenvalue weighted by Crippen LogP contribution is -2.22.